The third-order valence-corrected chi connectivity index (χ3v) is 7.01. The van der Waals surface area contributed by atoms with Crippen LogP contribution in [0.3, 0.4) is 0 Å². The van der Waals surface area contributed by atoms with Crippen molar-refractivity contribution >= 4 is 21.6 Å². The summed E-state index contributed by atoms with van der Waals surface area (Å²) in [6, 6.07) is 4.86. The van der Waals surface area contributed by atoms with Gasteiger partial charge in [-0.1, -0.05) is 13.8 Å². The van der Waals surface area contributed by atoms with Crippen LogP contribution >= 0.6 is 0 Å². The first-order chi connectivity index (χ1) is 14.0. The van der Waals surface area contributed by atoms with Crippen molar-refractivity contribution in [1.82, 2.24) is 9.62 Å². The number of rotatable bonds is 12. The van der Waals surface area contributed by atoms with Gasteiger partial charge in [0.1, 0.15) is 0 Å². The molecule has 1 fully saturated rings. The number of carbonyl (C=O) groups is 1. The van der Waals surface area contributed by atoms with Crippen LogP contribution in [-0.4, -0.2) is 78.3 Å². The summed E-state index contributed by atoms with van der Waals surface area (Å²) in [5.74, 6) is -0.293. The lowest BCUT2D eigenvalue weighted by Gasteiger charge is -2.23. The highest BCUT2D eigenvalue weighted by molar-refractivity contribution is 7.89. The van der Waals surface area contributed by atoms with Crippen LogP contribution < -0.4 is 10.2 Å². The molecule has 0 atom stereocenters. The first-order valence-corrected chi connectivity index (χ1v) is 11.6. The molecule has 0 aliphatic carbocycles. The molecule has 1 saturated heterocycles. The zero-order valence-electron chi connectivity index (χ0n) is 17.6. The minimum atomic E-state index is -3.64. The van der Waals surface area contributed by atoms with E-state index in [-0.39, 0.29) is 10.8 Å². The van der Waals surface area contributed by atoms with E-state index in [1.54, 1.807) is 33.1 Å². The SMILES string of the molecule is CCN(CC)S(=O)(=O)c1ccc(N2CCCC2)c(C(=O)NCCOCCOC)c1. The number of carbonyl (C=O) groups excluding carboxylic acids is 1. The standard InChI is InChI=1S/C20H33N3O5S/c1-4-23(5-2)29(25,26)17-8-9-19(22-11-6-7-12-22)18(16-17)20(24)21-10-13-28-15-14-27-3/h8-9,16H,4-7,10-15H2,1-3H3,(H,21,24). The Hall–Kier alpha value is -1.68. The lowest BCUT2D eigenvalue weighted by atomic mass is 10.1. The predicted molar refractivity (Wildman–Crippen MR) is 113 cm³/mol. The van der Waals surface area contributed by atoms with Crippen LogP contribution in [0.25, 0.3) is 0 Å². The molecule has 1 aromatic carbocycles. The van der Waals surface area contributed by atoms with Crippen molar-refractivity contribution < 1.29 is 22.7 Å². The first kappa shape index (κ1) is 23.6. The van der Waals surface area contributed by atoms with E-state index in [1.807, 2.05) is 0 Å². The van der Waals surface area contributed by atoms with Crippen molar-refractivity contribution in [2.24, 2.45) is 0 Å². The van der Waals surface area contributed by atoms with Crippen molar-refractivity contribution in [2.45, 2.75) is 31.6 Å². The van der Waals surface area contributed by atoms with Crippen LogP contribution in [0.5, 0.6) is 0 Å². The summed E-state index contributed by atoms with van der Waals surface area (Å²) in [5.41, 5.74) is 1.16. The van der Waals surface area contributed by atoms with E-state index < -0.39 is 10.0 Å². The van der Waals surface area contributed by atoms with Crippen molar-refractivity contribution in [1.29, 1.82) is 0 Å². The molecular weight excluding hydrogens is 394 g/mol. The minimum Gasteiger partial charge on any atom is -0.382 e. The van der Waals surface area contributed by atoms with E-state index in [2.05, 4.69) is 10.2 Å². The zero-order chi connectivity index (χ0) is 21.3. The van der Waals surface area contributed by atoms with E-state index in [1.165, 1.54) is 10.4 Å². The lowest BCUT2D eigenvalue weighted by Crippen LogP contribution is -2.32. The molecule has 1 aromatic rings. The Labute approximate surface area is 174 Å². The van der Waals surface area contributed by atoms with Crippen LogP contribution in [0, 0.1) is 0 Å². The monoisotopic (exact) mass is 427 g/mol. The fourth-order valence-corrected chi connectivity index (χ4v) is 4.86. The number of anilines is 1. The summed E-state index contributed by atoms with van der Waals surface area (Å²) in [6.45, 7) is 7.76. The van der Waals surface area contributed by atoms with E-state index in [9.17, 15) is 13.2 Å². The Morgan fingerprint density at radius 3 is 2.45 bits per heavy atom. The fraction of sp³-hybridized carbons (Fsp3) is 0.650. The molecule has 1 aliphatic rings. The molecule has 9 heteroatoms. The topological polar surface area (TPSA) is 88.2 Å². The average Bonchev–Trinajstić information content (AvgIpc) is 3.25. The third kappa shape index (κ3) is 6.15. The molecule has 1 N–H and O–H groups in total. The van der Waals surface area contributed by atoms with Crippen LogP contribution in [0.1, 0.15) is 37.0 Å². The largest absolute Gasteiger partial charge is 0.382 e. The van der Waals surface area contributed by atoms with Crippen LogP contribution in [0.15, 0.2) is 23.1 Å². The molecule has 29 heavy (non-hydrogen) atoms. The second kappa shape index (κ2) is 11.5. The molecule has 1 heterocycles. The van der Waals surface area contributed by atoms with Gasteiger partial charge in [-0.05, 0) is 31.0 Å². The van der Waals surface area contributed by atoms with Gasteiger partial charge in [0.2, 0.25) is 10.0 Å². The van der Waals surface area contributed by atoms with Crippen molar-refractivity contribution in [3.63, 3.8) is 0 Å². The number of nitrogens with one attached hydrogen (secondary N) is 1. The zero-order valence-corrected chi connectivity index (χ0v) is 18.5. The number of benzene rings is 1. The Kier molecular flexibility index (Phi) is 9.35. The van der Waals surface area contributed by atoms with Crippen LogP contribution in [0.2, 0.25) is 0 Å². The van der Waals surface area contributed by atoms with Gasteiger partial charge in [-0.3, -0.25) is 4.79 Å². The van der Waals surface area contributed by atoms with Gasteiger partial charge in [-0.15, -0.1) is 0 Å². The smallest absolute Gasteiger partial charge is 0.253 e. The second-order valence-corrected chi connectivity index (χ2v) is 8.76. The highest BCUT2D eigenvalue weighted by Crippen LogP contribution is 2.28. The normalized spacial score (nSPS) is 14.6. The number of amides is 1. The number of methoxy groups -OCH3 is 1. The Morgan fingerprint density at radius 1 is 1.14 bits per heavy atom. The van der Waals surface area contributed by atoms with E-state index >= 15 is 0 Å². The quantitative estimate of drug-likeness (QED) is 0.511. The van der Waals surface area contributed by atoms with Gasteiger partial charge in [0.05, 0.1) is 30.3 Å². The van der Waals surface area contributed by atoms with E-state index in [0.717, 1.165) is 31.6 Å². The van der Waals surface area contributed by atoms with Gasteiger partial charge < -0.3 is 19.7 Å². The first-order valence-electron chi connectivity index (χ1n) is 10.2. The number of hydrogen-bond acceptors (Lipinski definition) is 6. The Morgan fingerprint density at radius 2 is 1.83 bits per heavy atom. The molecule has 0 bridgehead atoms. The lowest BCUT2D eigenvalue weighted by molar-refractivity contribution is 0.0693. The molecule has 0 aromatic heterocycles. The van der Waals surface area contributed by atoms with Gasteiger partial charge in [0.15, 0.2) is 0 Å². The van der Waals surface area contributed by atoms with Crippen molar-refractivity contribution in [2.75, 3.05) is 64.6 Å². The molecule has 0 radical (unpaired) electrons. The highest BCUT2D eigenvalue weighted by Gasteiger charge is 2.26. The molecule has 8 nitrogen and oxygen atoms in total. The maximum atomic E-state index is 12.9. The Bertz CT molecular complexity index is 759. The predicted octanol–water partition coefficient (Wildman–Crippen LogP) is 1.71. The number of ether oxygens (including phenoxy) is 2. The molecular formula is C20H33N3O5S. The number of nitrogens with zero attached hydrogens (tertiary/aromatic N) is 2. The summed E-state index contributed by atoms with van der Waals surface area (Å²) in [6.07, 6.45) is 2.13. The van der Waals surface area contributed by atoms with Crippen LogP contribution in [0.4, 0.5) is 5.69 Å². The average molecular weight is 428 g/mol. The fourth-order valence-electron chi connectivity index (χ4n) is 3.38. The van der Waals surface area contributed by atoms with E-state index in [0.29, 0.717) is 45.0 Å². The summed E-state index contributed by atoms with van der Waals surface area (Å²) >= 11 is 0. The molecule has 0 saturated carbocycles. The molecule has 2 rings (SSSR count). The van der Waals surface area contributed by atoms with Gasteiger partial charge in [-0.2, -0.15) is 4.31 Å². The van der Waals surface area contributed by atoms with Crippen LogP contribution in [-0.2, 0) is 19.5 Å². The molecule has 1 aliphatic heterocycles. The summed E-state index contributed by atoms with van der Waals surface area (Å²) in [5, 5.41) is 2.84. The van der Waals surface area contributed by atoms with Crippen molar-refractivity contribution in [3.05, 3.63) is 23.8 Å². The van der Waals surface area contributed by atoms with Gasteiger partial charge in [0.25, 0.3) is 5.91 Å². The van der Waals surface area contributed by atoms with Gasteiger partial charge in [0, 0.05) is 45.5 Å². The summed E-state index contributed by atoms with van der Waals surface area (Å²) in [7, 11) is -2.04. The third-order valence-electron chi connectivity index (χ3n) is 4.97. The number of hydrogen-bond donors (Lipinski definition) is 1. The molecule has 164 valence electrons. The second-order valence-electron chi connectivity index (χ2n) is 6.82. The minimum absolute atomic E-state index is 0.144. The van der Waals surface area contributed by atoms with Gasteiger partial charge >= 0.3 is 0 Å². The molecule has 0 spiro atoms. The maximum Gasteiger partial charge on any atom is 0.253 e. The van der Waals surface area contributed by atoms with E-state index in [4.69, 9.17) is 9.47 Å². The number of sulfonamides is 1. The Balaban J connectivity index is 2.22. The summed E-state index contributed by atoms with van der Waals surface area (Å²) < 4.78 is 37.5. The highest BCUT2D eigenvalue weighted by atomic mass is 32.2. The summed E-state index contributed by atoms with van der Waals surface area (Å²) in [4.78, 5) is 15.2. The molecule has 1 amide bonds. The van der Waals surface area contributed by atoms with Gasteiger partial charge in [-0.25, -0.2) is 8.42 Å². The molecule has 0 unspecified atom stereocenters. The maximum absolute atomic E-state index is 12.9. The van der Waals surface area contributed by atoms with Crippen molar-refractivity contribution in [3.8, 4) is 0 Å².